The standard InChI is InChI=1S/C18H21ClN2/c19-17-6-5-14(18-16(17)2-1-7-21-18)10-20-11-15-9-12-3-4-13(15)8-12/h1-2,5-7,12-13,15,20H,3-4,8-11H2. The zero-order valence-corrected chi connectivity index (χ0v) is 12.9. The van der Waals surface area contributed by atoms with Crippen LogP contribution in [-0.4, -0.2) is 11.5 Å². The highest BCUT2D eigenvalue weighted by atomic mass is 35.5. The second-order valence-corrected chi connectivity index (χ2v) is 7.08. The third-order valence-electron chi connectivity index (χ3n) is 5.41. The second-order valence-electron chi connectivity index (χ2n) is 6.67. The van der Waals surface area contributed by atoms with Crippen molar-refractivity contribution in [2.75, 3.05) is 6.54 Å². The van der Waals surface area contributed by atoms with Crippen molar-refractivity contribution in [3.8, 4) is 0 Å². The Morgan fingerprint density at radius 1 is 1.19 bits per heavy atom. The Kier molecular flexibility index (Phi) is 3.60. The first-order valence-electron chi connectivity index (χ1n) is 8.04. The number of nitrogens with one attached hydrogen (secondary N) is 1. The van der Waals surface area contributed by atoms with Crippen molar-refractivity contribution >= 4 is 22.5 Å². The fraction of sp³-hybridized carbons (Fsp3) is 0.500. The fourth-order valence-corrected chi connectivity index (χ4v) is 4.57. The first-order valence-corrected chi connectivity index (χ1v) is 8.42. The normalized spacial score (nSPS) is 27.6. The molecule has 0 spiro atoms. The van der Waals surface area contributed by atoms with Crippen LogP contribution in [0.3, 0.4) is 0 Å². The number of fused-ring (bicyclic) bond motifs is 3. The minimum absolute atomic E-state index is 0.787. The summed E-state index contributed by atoms with van der Waals surface area (Å²) < 4.78 is 0. The van der Waals surface area contributed by atoms with Crippen LogP contribution in [0.5, 0.6) is 0 Å². The third-order valence-corrected chi connectivity index (χ3v) is 5.74. The lowest BCUT2D eigenvalue weighted by atomic mass is 9.89. The quantitative estimate of drug-likeness (QED) is 0.904. The van der Waals surface area contributed by atoms with Gasteiger partial charge in [0.15, 0.2) is 0 Å². The van der Waals surface area contributed by atoms with Crippen molar-refractivity contribution in [1.82, 2.24) is 10.3 Å². The minimum Gasteiger partial charge on any atom is -0.312 e. The van der Waals surface area contributed by atoms with Gasteiger partial charge in [0.05, 0.1) is 5.52 Å². The summed E-state index contributed by atoms with van der Waals surface area (Å²) in [5.41, 5.74) is 2.28. The first kappa shape index (κ1) is 13.5. The van der Waals surface area contributed by atoms with E-state index in [1.54, 1.807) is 0 Å². The van der Waals surface area contributed by atoms with Crippen molar-refractivity contribution in [3.05, 3.63) is 41.0 Å². The molecule has 3 atom stereocenters. The van der Waals surface area contributed by atoms with E-state index in [1.165, 1.54) is 31.2 Å². The molecule has 0 aliphatic heterocycles. The van der Waals surface area contributed by atoms with Gasteiger partial charge in [-0.15, -0.1) is 0 Å². The molecule has 21 heavy (non-hydrogen) atoms. The number of halogens is 1. The zero-order valence-electron chi connectivity index (χ0n) is 12.2. The molecular weight excluding hydrogens is 280 g/mol. The Bertz CT molecular complexity index is 655. The van der Waals surface area contributed by atoms with E-state index in [-0.39, 0.29) is 0 Å². The molecule has 2 aromatic rings. The molecule has 2 saturated carbocycles. The second kappa shape index (κ2) is 5.58. The summed E-state index contributed by atoms with van der Waals surface area (Å²) >= 11 is 6.25. The summed E-state index contributed by atoms with van der Waals surface area (Å²) in [7, 11) is 0. The lowest BCUT2D eigenvalue weighted by molar-refractivity contribution is 0.318. The third kappa shape index (κ3) is 2.56. The van der Waals surface area contributed by atoms with Crippen molar-refractivity contribution in [2.24, 2.45) is 17.8 Å². The summed E-state index contributed by atoms with van der Waals surface area (Å²) in [4.78, 5) is 4.51. The maximum Gasteiger partial charge on any atom is 0.0761 e. The van der Waals surface area contributed by atoms with Crippen LogP contribution in [0.25, 0.3) is 10.9 Å². The monoisotopic (exact) mass is 300 g/mol. The minimum atomic E-state index is 0.787. The predicted molar refractivity (Wildman–Crippen MR) is 87.4 cm³/mol. The maximum absolute atomic E-state index is 6.25. The Balaban J connectivity index is 1.44. The van der Waals surface area contributed by atoms with E-state index in [1.807, 2.05) is 24.4 Å². The lowest BCUT2D eigenvalue weighted by Gasteiger charge is -2.22. The molecule has 2 bridgehead atoms. The van der Waals surface area contributed by atoms with Crippen molar-refractivity contribution < 1.29 is 0 Å². The largest absolute Gasteiger partial charge is 0.312 e. The summed E-state index contributed by atoms with van der Waals surface area (Å²) in [6, 6.07) is 8.08. The smallest absolute Gasteiger partial charge is 0.0761 e. The zero-order chi connectivity index (χ0) is 14.2. The number of pyridine rings is 1. The molecule has 110 valence electrons. The van der Waals surface area contributed by atoms with Gasteiger partial charge >= 0.3 is 0 Å². The molecule has 1 aromatic carbocycles. The van der Waals surface area contributed by atoms with Gasteiger partial charge in [0, 0.05) is 23.2 Å². The van der Waals surface area contributed by atoms with Crippen LogP contribution in [0, 0.1) is 17.8 Å². The van der Waals surface area contributed by atoms with E-state index in [0.29, 0.717) is 0 Å². The average molecular weight is 301 g/mol. The van der Waals surface area contributed by atoms with E-state index in [2.05, 4.69) is 16.4 Å². The highest BCUT2D eigenvalue weighted by molar-refractivity contribution is 6.35. The summed E-state index contributed by atoms with van der Waals surface area (Å²) in [6.45, 7) is 2.04. The Labute approximate surface area is 130 Å². The number of aromatic nitrogens is 1. The van der Waals surface area contributed by atoms with E-state index >= 15 is 0 Å². The molecule has 1 N–H and O–H groups in total. The van der Waals surface area contributed by atoms with Crippen LogP contribution in [0.15, 0.2) is 30.5 Å². The highest BCUT2D eigenvalue weighted by Gasteiger charge is 2.38. The molecule has 3 heteroatoms. The molecule has 0 amide bonds. The average Bonchev–Trinajstić information content (AvgIpc) is 3.13. The molecule has 2 aliphatic carbocycles. The topological polar surface area (TPSA) is 24.9 Å². The predicted octanol–water partition coefficient (Wildman–Crippen LogP) is 4.41. The van der Waals surface area contributed by atoms with Gasteiger partial charge in [0.25, 0.3) is 0 Å². The van der Waals surface area contributed by atoms with E-state index in [0.717, 1.165) is 46.8 Å². The molecule has 4 rings (SSSR count). The maximum atomic E-state index is 6.25. The van der Waals surface area contributed by atoms with Gasteiger partial charge in [0.1, 0.15) is 0 Å². The van der Waals surface area contributed by atoms with Crippen molar-refractivity contribution in [2.45, 2.75) is 32.2 Å². The van der Waals surface area contributed by atoms with Gasteiger partial charge in [-0.3, -0.25) is 4.98 Å². The Hall–Kier alpha value is -1.12. The molecule has 0 radical (unpaired) electrons. The van der Waals surface area contributed by atoms with Gasteiger partial charge in [-0.25, -0.2) is 0 Å². The number of hydrogen-bond donors (Lipinski definition) is 1. The number of nitrogens with zero attached hydrogens (tertiary/aromatic N) is 1. The highest BCUT2D eigenvalue weighted by Crippen LogP contribution is 2.47. The Morgan fingerprint density at radius 3 is 2.95 bits per heavy atom. The van der Waals surface area contributed by atoms with Gasteiger partial charge in [-0.1, -0.05) is 24.1 Å². The SMILES string of the molecule is Clc1ccc(CNCC2CC3CCC2C3)c2ncccc12. The summed E-state index contributed by atoms with van der Waals surface area (Å²) in [5, 5.41) is 5.50. The molecule has 3 unspecified atom stereocenters. The van der Waals surface area contributed by atoms with Crippen LogP contribution in [-0.2, 0) is 6.54 Å². The van der Waals surface area contributed by atoms with Crippen LogP contribution in [0.4, 0.5) is 0 Å². The van der Waals surface area contributed by atoms with Gasteiger partial charge < -0.3 is 5.32 Å². The summed E-state index contributed by atoms with van der Waals surface area (Å²) in [6.07, 6.45) is 7.71. The van der Waals surface area contributed by atoms with Crippen molar-refractivity contribution in [3.63, 3.8) is 0 Å². The van der Waals surface area contributed by atoms with Gasteiger partial charge in [-0.05, 0) is 67.3 Å². The molecule has 2 nitrogen and oxygen atoms in total. The van der Waals surface area contributed by atoms with Crippen molar-refractivity contribution in [1.29, 1.82) is 0 Å². The Morgan fingerprint density at radius 2 is 2.14 bits per heavy atom. The van der Waals surface area contributed by atoms with Crippen LogP contribution >= 0.6 is 11.6 Å². The number of benzene rings is 1. The van der Waals surface area contributed by atoms with Gasteiger partial charge in [-0.2, -0.15) is 0 Å². The number of hydrogen-bond acceptors (Lipinski definition) is 2. The van der Waals surface area contributed by atoms with E-state index in [9.17, 15) is 0 Å². The van der Waals surface area contributed by atoms with Crippen LogP contribution in [0.1, 0.15) is 31.2 Å². The van der Waals surface area contributed by atoms with Crippen LogP contribution < -0.4 is 5.32 Å². The molecular formula is C18H21ClN2. The first-order chi connectivity index (χ1) is 10.3. The molecule has 1 heterocycles. The molecule has 2 aliphatic rings. The lowest BCUT2D eigenvalue weighted by Crippen LogP contribution is -2.26. The van der Waals surface area contributed by atoms with E-state index in [4.69, 9.17) is 11.6 Å². The van der Waals surface area contributed by atoms with E-state index < -0.39 is 0 Å². The molecule has 2 fully saturated rings. The van der Waals surface area contributed by atoms with Crippen LogP contribution in [0.2, 0.25) is 5.02 Å². The van der Waals surface area contributed by atoms with Gasteiger partial charge in [0.2, 0.25) is 0 Å². The summed E-state index contributed by atoms with van der Waals surface area (Å²) in [5.74, 6) is 2.91. The molecule has 0 saturated heterocycles. The fourth-order valence-electron chi connectivity index (χ4n) is 4.36. The number of rotatable bonds is 4. The molecule has 1 aromatic heterocycles.